The molecule has 0 radical (unpaired) electrons. The Morgan fingerprint density at radius 3 is 2.47 bits per heavy atom. The first kappa shape index (κ1) is 15.6. The highest BCUT2D eigenvalue weighted by molar-refractivity contribution is 5.74. The molecular formula is C13H25N3O3. The van der Waals surface area contributed by atoms with E-state index < -0.39 is 0 Å². The van der Waals surface area contributed by atoms with Gasteiger partial charge in [0.1, 0.15) is 0 Å². The second-order valence-electron chi connectivity index (χ2n) is 5.31. The van der Waals surface area contributed by atoms with E-state index in [4.69, 9.17) is 4.74 Å². The molecule has 1 aliphatic carbocycles. The van der Waals surface area contributed by atoms with Crippen LogP contribution in [0.5, 0.6) is 0 Å². The summed E-state index contributed by atoms with van der Waals surface area (Å²) in [4.78, 5) is 22.6. The lowest BCUT2D eigenvalue weighted by Crippen LogP contribution is -2.51. The van der Waals surface area contributed by atoms with Crippen molar-refractivity contribution in [3.05, 3.63) is 0 Å². The molecule has 0 spiro atoms. The molecular weight excluding hydrogens is 246 g/mol. The topological polar surface area (TPSA) is 79.5 Å². The van der Waals surface area contributed by atoms with Crippen molar-refractivity contribution in [2.45, 2.75) is 45.1 Å². The maximum Gasteiger partial charge on any atom is 0.407 e. The minimum atomic E-state index is -0.348. The number of rotatable bonds is 4. The molecule has 0 aliphatic heterocycles. The molecule has 0 heterocycles. The van der Waals surface area contributed by atoms with Crippen LogP contribution in [0.25, 0.3) is 0 Å². The van der Waals surface area contributed by atoms with Crippen LogP contribution in [0.1, 0.15) is 39.5 Å². The van der Waals surface area contributed by atoms with Crippen molar-refractivity contribution in [2.24, 2.45) is 5.92 Å². The van der Waals surface area contributed by atoms with E-state index in [1.807, 2.05) is 0 Å². The molecule has 3 amide bonds. The van der Waals surface area contributed by atoms with Crippen LogP contribution in [-0.2, 0) is 4.74 Å². The molecule has 1 fully saturated rings. The molecule has 6 nitrogen and oxygen atoms in total. The molecule has 0 bridgehead atoms. The standard InChI is InChI=1S/C13H25N3O3/c1-4-19-12(18)15-9-10-5-7-13(2,8-6-10)16-11(17)14-3/h10H,4-9H2,1-3H3,(H,15,18)(H2,14,16,17). The third kappa shape index (κ3) is 5.36. The van der Waals surface area contributed by atoms with E-state index in [1.54, 1.807) is 14.0 Å². The lowest BCUT2D eigenvalue weighted by molar-refractivity contribution is 0.146. The summed E-state index contributed by atoms with van der Waals surface area (Å²) >= 11 is 0. The Hall–Kier alpha value is -1.46. The van der Waals surface area contributed by atoms with Crippen molar-refractivity contribution in [2.75, 3.05) is 20.2 Å². The first-order valence-corrected chi connectivity index (χ1v) is 6.89. The molecule has 0 atom stereocenters. The first-order valence-electron chi connectivity index (χ1n) is 6.89. The molecule has 110 valence electrons. The molecule has 0 aromatic heterocycles. The zero-order valence-corrected chi connectivity index (χ0v) is 12.0. The minimum absolute atomic E-state index is 0.134. The zero-order valence-electron chi connectivity index (χ0n) is 12.0. The molecule has 6 heteroatoms. The van der Waals surface area contributed by atoms with Gasteiger partial charge >= 0.3 is 12.1 Å². The van der Waals surface area contributed by atoms with Gasteiger partial charge < -0.3 is 20.7 Å². The Labute approximate surface area is 114 Å². The average molecular weight is 271 g/mol. The van der Waals surface area contributed by atoms with Crippen LogP contribution in [0.4, 0.5) is 9.59 Å². The summed E-state index contributed by atoms with van der Waals surface area (Å²) in [7, 11) is 1.62. The van der Waals surface area contributed by atoms with Gasteiger partial charge in [0.2, 0.25) is 0 Å². The van der Waals surface area contributed by atoms with Crippen LogP contribution in [0.2, 0.25) is 0 Å². The molecule has 0 unspecified atom stereocenters. The summed E-state index contributed by atoms with van der Waals surface area (Å²) < 4.78 is 4.83. The number of amides is 3. The predicted molar refractivity (Wildman–Crippen MR) is 73.0 cm³/mol. The molecule has 1 saturated carbocycles. The van der Waals surface area contributed by atoms with E-state index in [-0.39, 0.29) is 17.7 Å². The Balaban J connectivity index is 2.28. The second kappa shape index (κ2) is 7.21. The number of hydrogen-bond acceptors (Lipinski definition) is 3. The monoisotopic (exact) mass is 271 g/mol. The molecule has 0 aromatic rings. The van der Waals surface area contributed by atoms with Gasteiger partial charge in [-0.1, -0.05) is 0 Å². The smallest absolute Gasteiger partial charge is 0.407 e. The highest BCUT2D eigenvalue weighted by Gasteiger charge is 2.32. The lowest BCUT2D eigenvalue weighted by atomic mass is 9.77. The van der Waals surface area contributed by atoms with Crippen LogP contribution >= 0.6 is 0 Å². The quantitative estimate of drug-likeness (QED) is 0.726. The van der Waals surface area contributed by atoms with E-state index >= 15 is 0 Å². The normalized spacial score (nSPS) is 26.4. The highest BCUT2D eigenvalue weighted by atomic mass is 16.5. The summed E-state index contributed by atoms with van der Waals surface area (Å²) in [5.41, 5.74) is -0.138. The summed E-state index contributed by atoms with van der Waals surface area (Å²) in [6.07, 6.45) is 3.49. The number of carbonyl (C=O) groups excluding carboxylic acids is 2. The first-order chi connectivity index (χ1) is 8.99. The van der Waals surface area contributed by atoms with Crippen LogP contribution in [0.3, 0.4) is 0 Å². The second-order valence-corrected chi connectivity index (χ2v) is 5.31. The number of alkyl carbamates (subject to hydrolysis) is 1. The summed E-state index contributed by atoms with van der Waals surface area (Å²) in [5, 5.41) is 8.34. The molecule has 3 N–H and O–H groups in total. The van der Waals surface area contributed by atoms with Gasteiger partial charge in [-0.15, -0.1) is 0 Å². The van der Waals surface area contributed by atoms with Crippen molar-refractivity contribution in [1.82, 2.24) is 16.0 Å². The minimum Gasteiger partial charge on any atom is -0.450 e. The Kier molecular flexibility index (Phi) is 5.92. The largest absolute Gasteiger partial charge is 0.450 e. The number of urea groups is 1. The summed E-state index contributed by atoms with van der Waals surface area (Å²) in [5.74, 6) is 0.462. The molecule has 1 rings (SSSR count). The summed E-state index contributed by atoms with van der Waals surface area (Å²) in [6, 6.07) is -0.134. The molecule has 1 aliphatic rings. The van der Waals surface area contributed by atoms with Crippen molar-refractivity contribution < 1.29 is 14.3 Å². The molecule has 19 heavy (non-hydrogen) atoms. The summed E-state index contributed by atoms with van der Waals surface area (Å²) in [6.45, 7) is 4.90. The van der Waals surface area contributed by atoms with Gasteiger partial charge in [-0.3, -0.25) is 0 Å². The number of hydrogen-bond donors (Lipinski definition) is 3. The van der Waals surface area contributed by atoms with Gasteiger partial charge in [0.05, 0.1) is 6.61 Å². The maximum atomic E-state index is 11.4. The van der Waals surface area contributed by atoms with E-state index in [2.05, 4.69) is 22.9 Å². The van der Waals surface area contributed by atoms with Gasteiger partial charge in [0.25, 0.3) is 0 Å². The number of ether oxygens (including phenoxy) is 1. The van der Waals surface area contributed by atoms with Gasteiger partial charge in [-0.25, -0.2) is 9.59 Å². The average Bonchev–Trinajstić information content (AvgIpc) is 2.38. The molecule has 0 saturated heterocycles. The lowest BCUT2D eigenvalue weighted by Gasteiger charge is -2.37. The fourth-order valence-corrected chi connectivity index (χ4v) is 2.39. The number of carbonyl (C=O) groups is 2. The van der Waals surface area contributed by atoms with Crippen molar-refractivity contribution in [3.63, 3.8) is 0 Å². The van der Waals surface area contributed by atoms with Crippen molar-refractivity contribution in [1.29, 1.82) is 0 Å². The van der Waals surface area contributed by atoms with Gasteiger partial charge in [0.15, 0.2) is 0 Å². The van der Waals surface area contributed by atoms with Crippen LogP contribution in [0.15, 0.2) is 0 Å². The fraction of sp³-hybridized carbons (Fsp3) is 0.846. The third-order valence-corrected chi connectivity index (χ3v) is 3.66. The van der Waals surface area contributed by atoms with Crippen molar-refractivity contribution in [3.8, 4) is 0 Å². The Bertz CT molecular complexity index is 312. The van der Waals surface area contributed by atoms with E-state index in [9.17, 15) is 9.59 Å². The maximum absolute atomic E-state index is 11.4. The number of nitrogens with one attached hydrogen (secondary N) is 3. The Morgan fingerprint density at radius 1 is 1.32 bits per heavy atom. The Morgan fingerprint density at radius 2 is 1.95 bits per heavy atom. The SMILES string of the molecule is CCOC(=O)NCC1CCC(C)(NC(=O)NC)CC1. The van der Waals surface area contributed by atoms with Gasteiger partial charge in [-0.2, -0.15) is 0 Å². The van der Waals surface area contributed by atoms with E-state index in [0.717, 1.165) is 25.7 Å². The van der Waals surface area contributed by atoms with E-state index in [0.29, 0.717) is 19.1 Å². The van der Waals surface area contributed by atoms with Crippen molar-refractivity contribution >= 4 is 12.1 Å². The highest BCUT2D eigenvalue weighted by Crippen LogP contribution is 2.31. The van der Waals surface area contributed by atoms with Gasteiger partial charge in [0, 0.05) is 19.1 Å². The van der Waals surface area contributed by atoms with Crippen LogP contribution < -0.4 is 16.0 Å². The van der Waals surface area contributed by atoms with Crippen LogP contribution in [0, 0.1) is 5.92 Å². The fourth-order valence-electron chi connectivity index (χ4n) is 2.39. The van der Waals surface area contributed by atoms with Crippen LogP contribution in [-0.4, -0.2) is 37.9 Å². The van der Waals surface area contributed by atoms with E-state index in [1.165, 1.54) is 0 Å². The third-order valence-electron chi connectivity index (χ3n) is 3.66. The van der Waals surface area contributed by atoms with Gasteiger partial charge in [-0.05, 0) is 45.4 Å². The zero-order chi connectivity index (χ0) is 14.3. The molecule has 0 aromatic carbocycles. The predicted octanol–water partition coefficient (Wildman–Crippen LogP) is 1.61.